The second-order valence-corrected chi connectivity index (χ2v) is 9.95. The Bertz CT molecular complexity index is 617. The first kappa shape index (κ1) is 21.8. The van der Waals surface area contributed by atoms with E-state index in [2.05, 4.69) is 39.5 Å². The van der Waals surface area contributed by atoms with Crippen molar-refractivity contribution in [3.8, 4) is 0 Å². The molecule has 0 spiro atoms. The SMILES string of the molecule is C=C1/C(=C/C=C2\CCC[C@]3(C)[C@@H](OCCCC(C)C)CC[C@@H]23)C[C@@H](O)C[C@@H]1O. The second kappa shape index (κ2) is 9.28. The molecule has 2 N–H and O–H groups in total. The molecule has 0 unspecified atom stereocenters. The minimum atomic E-state index is -0.611. The number of hydrogen-bond donors (Lipinski definition) is 2. The molecule has 5 atom stereocenters. The second-order valence-electron chi connectivity index (χ2n) is 9.95. The van der Waals surface area contributed by atoms with Gasteiger partial charge in [0.1, 0.15) is 0 Å². The topological polar surface area (TPSA) is 49.7 Å². The van der Waals surface area contributed by atoms with Crippen molar-refractivity contribution in [2.45, 2.75) is 96.9 Å². The fraction of sp³-hybridized carbons (Fsp3) is 0.760. The number of allylic oxidation sites excluding steroid dienone is 3. The van der Waals surface area contributed by atoms with Crippen molar-refractivity contribution < 1.29 is 14.9 Å². The van der Waals surface area contributed by atoms with Gasteiger partial charge in [0, 0.05) is 18.4 Å². The normalized spacial score (nSPS) is 39.1. The summed E-state index contributed by atoms with van der Waals surface area (Å²) in [4.78, 5) is 0. The van der Waals surface area contributed by atoms with Gasteiger partial charge in [-0.25, -0.2) is 0 Å². The maximum absolute atomic E-state index is 10.1. The van der Waals surface area contributed by atoms with E-state index >= 15 is 0 Å². The first-order valence-corrected chi connectivity index (χ1v) is 11.4. The van der Waals surface area contributed by atoms with Gasteiger partial charge < -0.3 is 14.9 Å². The standard InChI is InChI=1S/C25H40O3/c1-17(2)7-6-14-28-24-12-11-22-19(8-5-13-25(22,24)4)9-10-20-15-21(26)16-23(27)18(20)3/h9-10,17,21-24,26-27H,3,5-8,11-16H2,1-2,4H3/b19-9+,20-10+/t21-,22+,23+,24+,25+/m1/s1. The van der Waals surface area contributed by atoms with Crippen LogP contribution >= 0.6 is 0 Å². The Morgan fingerprint density at radius 1 is 1.25 bits per heavy atom. The van der Waals surface area contributed by atoms with Crippen LogP contribution in [0.25, 0.3) is 0 Å². The number of fused-ring (bicyclic) bond motifs is 1. The third-order valence-electron chi connectivity index (χ3n) is 7.39. The molecule has 3 rings (SSSR count). The van der Waals surface area contributed by atoms with Gasteiger partial charge in [0.05, 0.1) is 18.3 Å². The van der Waals surface area contributed by atoms with Gasteiger partial charge in [0.2, 0.25) is 0 Å². The molecule has 3 heteroatoms. The Morgan fingerprint density at radius 3 is 2.79 bits per heavy atom. The Balaban J connectivity index is 1.67. The van der Waals surface area contributed by atoms with Gasteiger partial charge >= 0.3 is 0 Å². The Morgan fingerprint density at radius 2 is 2.04 bits per heavy atom. The quantitative estimate of drug-likeness (QED) is 0.604. The molecule has 0 radical (unpaired) electrons. The highest BCUT2D eigenvalue weighted by Crippen LogP contribution is 2.55. The molecule has 0 aromatic carbocycles. The molecule has 3 nitrogen and oxygen atoms in total. The lowest BCUT2D eigenvalue weighted by molar-refractivity contribution is -0.0359. The van der Waals surface area contributed by atoms with Crippen molar-refractivity contribution >= 4 is 0 Å². The van der Waals surface area contributed by atoms with Crippen molar-refractivity contribution in [1.82, 2.24) is 0 Å². The van der Waals surface area contributed by atoms with Gasteiger partial charge in [-0.3, -0.25) is 0 Å². The average Bonchev–Trinajstić information content (AvgIpc) is 2.97. The number of rotatable bonds is 6. The van der Waals surface area contributed by atoms with E-state index in [0.29, 0.717) is 24.9 Å². The molecule has 28 heavy (non-hydrogen) atoms. The lowest BCUT2D eigenvalue weighted by Crippen LogP contribution is -2.38. The molecule has 0 bridgehead atoms. The van der Waals surface area contributed by atoms with Crippen LogP contribution in [-0.4, -0.2) is 35.1 Å². The van der Waals surface area contributed by atoms with E-state index in [1.165, 1.54) is 37.7 Å². The predicted octanol–water partition coefficient (Wildman–Crippen LogP) is 5.33. The van der Waals surface area contributed by atoms with Gasteiger partial charge in [0.25, 0.3) is 0 Å². The van der Waals surface area contributed by atoms with E-state index in [1.807, 2.05) is 0 Å². The summed E-state index contributed by atoms with van der Waals surface area (Å²) >= 11 is 0. The van der Waals surface area contributed by atoms with Gasteiger partial charge in [-0.05, 0) is 74.3 Å². The summed E-state index contributed by atoms with van der Waals surface area (Å²) in [5.41, 5.74) is 3.56. The first-order valence-electron chi connectivity index (χ1n) is 11.4. The fourth-order valence-electron chi connectivity index (χ4n) is 5.65. The molecule has 3 saturated carbocycles. The molecule has 0 aromatic heterocycles. The molecule has 0 heterocycles. The summed E-state index contributed by atoms with van der Waals surface area (Å²) in [5.74, 6) is 1.35. The van der Waals surface area contributed by atoms with Crippen LogP contribution in [0, 0.1) is 17.3 Å². The number of hydrogen-bond acceptors (Lipinski definition) is 3. The van der Waals surface area contributed by atoms with Crippen molar-refractivity contribution in [3.05, 3.63) is 35.5 Å². The van der Waals surface area contributed by atoms with Crippen molar-refractivity contribution in [2.75, 3.05) is 6.61 Å². The largest absolute Gasteiger partial charge is 0.393 e. The van der Waals surface area contributed by atoms with E-state index < -0.39 is 12.2 Å². The Labute approximate surface area is 171 Å². The van der Waals surface area contributed by atoms with E-state index in [-0.39, 0.29) is 5.41 Å². The summed E-state index contributed by atoms with van der Waals surface area (Å²) < 4.78 is 6.39. The summed E-state index contributed by atoms with van der Waals surface area (Å²) in [7, 11) is 0. The molecular formula is C25H40O3. The highest BCUT2D eigenvalue weighted by atomic mass is 16.5. The van der Waals surface area contributed by atoms with Crippen LogP contribution in [0.3, 0.4) is 0 Å². The molecular weight excluding hydrogens is 348 g/mol. The van der Waals surface area contributed by atoms with E-state index in [9.17, 15) is 10.2 Å². The molecule has 0 aromatic rings. The predicted molar refractivity (Wildman–Crippen MR) is 115 cm³/mol. The zero-order chi connectivity index (χ0) is 20.3. The molecule has 0 aliphatic heterocycles. The molecule has 158 valence electrons. The van der Waals surface area contributed by atoms with E-state index in [4.69, 9.17) is 4.74 Å². The molecule has 0 amide bonds. The highest BCUT2D eigenvalue weighted by Gasteiger charge is 2.49. The van der Waals surface area contributed by atoms with Crippen LogP contribution in [0.5, 0.6) is 0 Å². The van der Waals surface area contributed by atoms with E-state index in [0.717, 1.165) is 36.5 Å². The Hall–Kier alpha value is -0.900. The van der Waals surface area contributed by atoms with Crippen molar-refractivity contribution in [1.29, 1.82) is 0 Å². The molecule has 3 fully saturated rings. The minimum Gasteiger partial charge on any atom is -0.393 e. The van der Waals surface area contributed by atoms with Gasteiger partial charge in [0.15, 0.2) is 0 Å². The molecule has 3 aliphatic carbocycles. The van der Waals surface area contributed by atoms with Gasteiger partial charge in [-0.2, -0.15) is 0 Å². The lowest BCUT2D eigenvalue weighted by Gasteiger charge is -2.42. The summed E-state index contributed by atoms with van der Waals surface area (Å²) in [6, 6.07) is 0. The average molecular weight is 389 g/mol. The maximum atomic E-state index is 10.1. The monoisotopic (exact) mass is 388 g/mol. The Kier molecular flexibility index (Phi) is 7.22. The number of aliphatic hydroxyl groups is 2. The first-order chi connectivity index (χ1) is 13.3. The van der Waals surface area contributed by atoms with Crippen LogP contribution in [0.2, 0.25) is 0 Å². The summed E-state index contributed by atoms with van der Waals surface area (Å²) in [5, 5.41) is 20.1. The van der Waals surface area contributed by atoms with Crippen molar-refractivity contribution in [2.24, 2.45) is 17.3 Å². The van der Waals surface area contributed by atoms with Crippen LogP contribution in [0.15, 0.2) is 35.5 Å². The highest BCUT2D eigenvalue weighted by molar-refractivity contribution is 5.38. The van der Waals surface area contributed by atoms with Crippen LogP contribution in [-0.2, 0) is 4.74 Å². The van der Waals surface area contributed by atoms with Crippen LogP contribution in [0.1, 0.15) is 78.6 Å². The minimum absolute atomic E-state index is 0.253. The smallest absolute Gasteiger partial charge is 0.0811 e. The van der Waals surface area contributed by atoms with Gasteiger partial charge in [-0.1, -0.05) is 45.1 Å². The third-order valence-corrected chi connectivity index (χ3v) is 7.39. The zero-order valence-corrected chi connectivity index (χ0v) is 18.1. The van der Waals surface area contributed by atoms with Crippen molar-refractivity contribution in [3.63, 3.8) is 0 Å². The van der Waals surface area contributed by atoms with Gasteiger partial charge in [-0.15, -0.1) is 0 Å². The van der Waals surface area contributed by atoms with Crippen LogP contribution in [0.4, 0.5) is 0 Å². The lowest BCUT2D eigenvalue weighted by atomic mass is 9.66. The molecule has 3 aliphatic rings. The fourth-order valence-corrected chi connectivity index (χ4v) is 5.65. The maximum Gasteiger partial charge on any atom is 0.0811 e. The third kappa shape index (κ3) is 4.80. The molecule has 0 saturated heterocycles. The summed E-state index contributed by atoms with van der Waals surface area (Å²) in [6.07, 6.45) is 13.1. The number of aliphatic hydroxyl groups excluding tert-OH is 2. The number of ether oxygens (including phenoxy) is 1. The van der Waals surface area contributed by atoms with Crippen LogP contribution < -0.4 is 0 Å². The summed E-state index contributed by atoms with van der Waals surface area (Å²) in [6.45, 7) is 11.9. The van der Waals surface area contributed by atoms with E-state index in [1.54, 1.807) is 0 Å². The zero-order valence-electron chi connectivity index (χ0n) is 18.1.